The number of alkyl halides is 3. The minimum atomic E-state index is -4.50. The third-order valence-corrected chi connectivity index (χ3v) is 5.28. The number of halogens is 3. The molecular formula is C17H17F3N2O4S. The lowest BCUT2D eigenvalue weighted by molar-refractivity contribution is -0.137. The van der Waals surface area contributed by atoms with Crippen molar-refractivity contribution in [1.29, 1.82) is 0 Å². The van der Waals surface area contributed by atoms with Crippen LogP contribution in [0.5, 0.6) is 5.75 Å². The second-order valence-electron chi connectivity index (χ2n) is 5.67. The maximum absolute atomic E-state index is 12.6. The number of amides is 1. The lowest BCUT2D eigenvalue weighted by atomic mass is 10.2. The first kappa shape index (κ1) is 20.7. The Morgan fingerprint density at radius 3 is 2.30 bits per heavy atom. The van der Waals surface area contributed by atoms with Gasteiger partial charge >= 0.3 is 6.18 Å². The van der Waals surface area contributed by atoms with E-state index in [2.05, 4.69) is 5.32 Å². The molecule has 0 aromatic heterocycles. The molecule has 0 bridgehead atoms. The second kappa shape index (κ2) is 7.97. The Bertz CT molecular complexity index is 911. The molecule has 10 heteroatoms. The summed E-state index contributed by atoms with van der Waals surface area (Å²) in [5.74, 6) is -0.692. The summed E-state index contributed by atoms with van der Waals surface area (Å²) in [6.07, 6.45) is -4.50. The van der Waals surface area contributed by atoms with Crippen molar-refractivity contribution in [2.45, 2.75) is 11.1 Å². The van der Waals surface area contributed by atoms with Gasteiger partial charge in [-0.2, -0.15) is 13.2 Å². The molecule has 0 fully saturated rings. The summed E-state index contributed by atoms with van der Waals surface area (Å²) in [5, 5.41) is 2.47. The largest absolute Gasteiger partial charge is 0.484 e. The van der Waals surface area contributed by atoms with Crippen molar-refractivity contribution in [3.8, 4) is 5.75 Å². The first-order valence-electron chi connectivity index (χ1n) is 7.62. The predicted octanol–water partition coefficient (Wildman–Crippen LogP) is 2.97. The molecule has 0 unspecified atom stereocenters. The van der Waals surface area contributed by atoms with Crippen molar-refractivity contribution in [2.24, 2.45) is 0 Å². The maximum atomic E-state index is 12.6. The first-order valence-corrected chi connectivity index (χ1v) is 9.06. The van der Waals surface area contributed by atoms with Crippen LogP contribution in [0.4, 0.5) is 18.9 Å². The fourth-order valence-corrected chi connectivity index (χ4v) is 2.93. The number of carbonyl (C=O) groups excluding carboxylic acids is 1. The SMILES string of the molecule is CN(C)S(=O)(=O)c1ccc(NC(=O)COc2cccc(C(F)(F)F)c2)cc1. The Hall–Kier alpha value is -2.59. The van der Waals surface area contributed by atoms with E-state index in [0.29, 0.717) is 5.69 Å². The van der Waals surface area contributed by atoms with Crippen LogP contribution in [-0.4, -0.2) is 39.3 Å². The number of sulfonamides is 1. The Balaban J connectivity index is 1.97. The molecule has 0 aliphatic carbocycles. The van der Waals surface area contributed by atoms with Crippen LogP contribution in [0, 0.1) is 0 Å². The molecule has 2 aromatic carbocycles. The van der Waals surface area contributed by atoms with Gasteiger partial charge in [-0.1, -0.05) is 6.07 Å². The van der Waals surface area contributed by atoms with E-state index < -0.39 is 34.3 Å². The summed E-state index contributed by atoms with van der Waals surface area (Å²) >= 11 is 0. The number of anilines is 1. The predicted molar refractivity (Wildman–Crippen MR) is 92.9 cm³/mol. The number of hydrogen-bond acceptors (Lipinski definition) is 4. The van der Waals surface area contributed by atoms with Gasteiger partial charge in [-0.15, -0.1) is 0 Å². The fourth-order valence-electron chi connectivity index (χ4n) is 2.03. The standard InChI is InChI=1S/C17H17F3N2O4S/c1-22(2)27(24,25)15-8-6-13(7-9-15)21-16(23)11-26-14-5-3-4-12(10-14)17(18,19)20/h3-10H,11H2,1-2H3,(H,21,23). The minimum Gasteiger partial charge on any atom is -0.484 e. The molecule has 2 rings (SSSR count). The van der Waals surface area contributed by atoms with Gasteiger partial charge in [0.05, 0.1) is 10.5 Å². The van der Waals surface area contributed by atoms with E-state index in [-0.39, 0.29) is 10.6 Å². The lowest BCUT2D eigenvalue weighted by Gasteiger charge is -2.12. The van der Waals surface area contributed by atoms with Crippen LogP contribution in [0.25, 0.3) is 0 Å². The summed E-state index contributed by atoms with van der Waals surface area (Å²) in [7, 11) is -0.783. The monoisotopic (exact) mass is 402 g/mol. The van der Waals surface area contributed by atoms with Gasteiger partial charge in [-0.05, 0) is 42.5 Å². The van der Waals surface area contributed by atoms with Crippen molar-refractivity contribution in [3.63, 3.8) is 0 Å². The van der Waals surface area contributed by atoms with Crippen LogP contribution in [0.15, 0.2) is 53.4 Å². The molecule has 0 spiro atoms. The van der Waals surface area contributed by atoms with Crippen molar-refractivity contribution >= 4 is 21.6 Å². The Morgan fingerprint density at radius 1 is 1.11 bits per heavy atom. The number of carbonyl (C=O) groups is 1. The third kappa shape index (κ3) is 5.44. The van der Waals surface area contributed by atoms with E-state index >= 15 is 0 Å². The Kier molecular flexibility index (Phi) is 6.11. The van der Waals surface area contributed by atoms with Crippen LogP contribution in [0.3, 0.4) is 0 Å². The molecule has 1 amide bonds. The van der Waals surface area contributed by atoms with Gasteiger partial charge in [-0.25, -0.2) is 12.7 Å². The number of nitrogens with zero attached hydrogens (tertiary/aromatic N) is 1. The van der Waals surface area contributed by atoms with Crippen LogP contribution in [0.1, 0.15) is 5.56 Å². The Morgan fingerprint density at radius 2 is 1.74 bits per heavy atom. The molecule has 27 heavy (non-hydrogen) atoms. The fraction of sp³-hybridized carbons (Fsp3) is 0.235. The van der Waals surface area contributed by atoms with Crippen LogP contribution >= 0.6 is 0 Å². The summed E-state index contributed by atoms with van der Waals surface area (Å²) in [4.78, 5) is 11.9. The summed E-state index contributed by atoms with van der Waals surface area (Å²) in [6, 6.07) is 9.65. The maximum Gasteiger partial charge on any atom is 0.416 e. The van der Waals surface area contributed by atoms with Gasteiger partial charge in [0.1, 0.15) is 5.75 Å². The molecule has 0 radical (unpaired) electrons. The number of benzene rings is 2. The summed E-state index contributed by atoms with van der Waals surface area (Å²) in [6.45, 7) is -0.501. The summed E-state index contributed by atoms with van der Waals surface area (Å²) in [5.41, 5.74) is -0.552. The molecule has 6 nitrogen and oxygen atoms in total. The quantitative estimate of drug-likeness (QED) is 0.806. The topological polar surface area (TPSA) is 75.7 Å². The number of rotatable bonds is 6. The molecule has 0 aliphatic rings. The van der Waals surface area contributed by atoms with E-state index in [1.165, 1.54) is 50.5 Å². The van der Waals surface area contributed by atoms with Gasteiger partial charge in [0.15, 0.2) is 6.61 Å². The van der Waals surface area contributed by atoms with Crippen molar-refractivity contribution < 1.29 is 31.1 Å². The van der Waals surface area contributed by atoms with E-state index in [1.54, 1.807) is 0 Å². The van der Waals surface area contributed by atoms with E-state index in [1.807, 2.05) is 0 Å². The smallest absolute Gasteiger partial charge is 0.416 e. The minimum absolute atomic E-state index is 0.0608. The normalized spacial score (nSPS) is 12.1. The highest BCUT2D eigenvalue weighted by Gasteiger charge is 2.30. The number of hydrogen-bond donors (Lipinski definition) is 1. The van der Waals surface area contributed by atoms with Crippen molar-refractivity contribution in [1.82, 2.24) is 4.31 Å². The lowest BCUT2D eigenvalue weighted by Crippen LogP contribution is -2.22. The van der Waals surface area contributed by atoms with E-state index in [9.17, 15) is 26.4 Å². The van der Waals surface area contributed by atoms with Gasteiger partial charge in [0.2, 0.25) is 10.0 Å². The highest BCUT2D eigenvalue weighted by molar-refractivity contribution is 7.89. The van der Waals surface area contributed by atoms with E-state index in [4.69, 9.17) is 4.74 Å². The third-order valence-electron chi connectivity index (χ3n) is 3.45. The second-order valence-corrected chi connectivity index (χ2v) is 7.83. The van der Waals surface area contributed by atoms with Gasteiger partial charge in [0, 0.05) is 19.8 Å². The number of nitrogens with one attached hydrogen (secondary N) is 1. The molecule has 0 atom stereocenters. The highest BCUT2D eigenvalue weighted by atomic mass is 32.2. The molecular weight excluding hydrogens is 385 g/mol. The molecule has 146 valence electrons. The van der Waals surface area contributed by atoms with Gasteiger partial charge < -0.3 is 10.1 Å². The zero-order chi connectivity index (χ0) is 20.2. The molecule has 0 aliphatic heterocycles. The zero-order valence-corrected chi connectivity index (χ0v) is 15.3. The first-order chi connectivity index (χ1) is 12.5. The van der Waals surface area contributed by atoms with Crippen LogP contribution in [0.2, 0.25) is 0 Å². The number of ether oxygens (including phenoxy) is 1. The van der Waals surface area contributed by atoms with Gasteiger partial charge in [-0.3, -0.25) is 4.79 Å². The Labute approximate surface area is 154 Å². The average Bonchev–Trinajstić information content (AvgIpc) is 2.60. The zero-order valence-electron chi connectivity index (χ0n) is 14.4. The van der Waals surface area contributed by atoms with Gasteiger partial charge in [0.25, 0.3) is 5.91 Å². The van der Waals surface area contributed by atoms with E-state index in [0.717, 1.165) is 16.4 Å². The van der Waals surface area contributed by atoms with Crippen molar-refractivity contribution in [2.75, 3.05) is 26.0 Å². The van der Waals surface area contributed by atoms with Crippen molar-refractivity contribution in [3.05, 3.63) is 54.1 Å². The molecule has 0 heterocycles. The molecule has 2 aromatic rings. The molecule has 0 saturated heterocycles. The van der Waals surface area contributed by atoms with Crippen LogP contribution < -0.4 is 10.1 Å². The molecule has 1 N–H and O–H groups in total. The molecule has 0 saturated carbocycles. The summed E-state index contributed by atoms with van der Waals surface area (Å²) < 4.78 is 68.0. The highest BCUT2D eigenvalue weighted by Crippen LogP contribution is 2.31. The van der Waals surface area contributed by atoms with Crippen LogP contribution in [-0.2, 0) is 21.0 Å². The average molecular weight is 402 g/mol.